The maximum absolute atomic E-state index is 9.71. The van der Waals surface area contributed by atoms with Gasteiger partial charge in [0.15, 0.2) is 0 Å². The molecule has 0 bridgehead atoms. The van der Waals surface area contributed by atoms with Gasteiger partial charge < -0.3 is 5.02 Å². The smallest absolute Gasteiger partial charge is 0.305 e. The summed E-state index contributed by atoms with van der Waals surface area (Å²) in [4.78, 5) is 0. The molecule has 1 N–H and O–H groups in total. The van der Waals surface area contributed by atoms with E-state index in [2.05, 4.69) is 42.5 Å². The first-order valence-electron chi connectivity index (χ1n) is 7.70. The number of hydrogen-bond acceptors (Lipinski definition) is 1. The van der Waals surface area contributed by atoms with Gasteiger partial charge in [0.05, 0.1) is 0 Å². The summed E-state index contributed by atoms with van der Waals surface area (Å²) in [7, 11) is 0.133. The van der Waals surface area contributed by atoms with E-state index in [0.717, 1.165) is 5.46 Å². The van der Waals surface area contributed by atoms with E-state index >= 15 is 0 Å². The first-order chi connectivity index (χ1) is 9.87. The molecule has 0 heterocycles. The van der Waals surface area contributed by atoms with E-state index in [4.69, 9.17) is 0 Å². The summed E-state index contributed by atoms with van der Waals surface area (Å²) in [6.45, 7) is 0. The maximum Gasteiger partial charge on any atom is 0.305 e. The van der Waals surface area contributed by atoms with Gasteiger partial charge in [-0.2, -0.15) is 0 Å². The van der Waals surface area contributed by atoms with E-state index in [0.29, 0.717) is 0 Å². The molecule has 2 aliphatic rings. The first-order valence-corrected chi connectivity index (χ1v) is 7.70. The highest BCUT2D eigenvalue weighted by Crippen LogP contribution is 2.54. The zero-order valence-electron chi connectivity index (χ0n) is 11.7. The predicted molar refractivity (Wildman–Crippen MR) is 84.7 cm³/mol. The van der Waals surface area contributed by atoms with Crippen LogP contribution in [0.25, 0.3) is 11.1 Å². The molecule has 0 atom stereocenters. The molecule has 20 heavy (non-hydrogen) atoms. The molecule has 2 aliphatic carbocycles. The molecular weight excluding hydrogens is 243 g/mol. The minimum atomic E-state index is 0.133. The lowest BCUT2D eigenvalue weighted by Gasteiger charge is -2.36. The lowest BCUT2D eigenvalue weighted by atomic mass is 9.67. The predicted octanol–water partition coefficient (Wildman–Crippen LogP) is 2.89. The summed E-state index contributed by atoms with van der Waals surface area (Å²) in [5.74, 6) is 0. The highest BCUT2D eigenvalue weighted by Gasteiger charge is 2.43. The zero-order valence-corrected chi connectivity index (χ0v) is 11.7. The number of benzene rings is 2. The molecule has 0 saturated heterocycles. The molecule has 0 amide bonds. The molecular formula is C18H19BO. The fourth-order valence-electron chi connectivity index (χ4n) is 4.41. The number of rotatable bonds is 1. The Morgan fingerprint density at radius 3 is 2.40 bits per heavy atom. The van der Waals surface area contributed by atoms with Crippen LogP contribution in [0.4, 0.5) is 0 Å². The molecule has 2 heteroatoms. The van der Waals surface area contributed by atoms with Crippen molar-refractivity contribution in [3.05, 3.63) is 53.6 Å². The SMILES string of the molecule is OBc1cccc2c1-c1ccccc1C21CCCCC1. The number of hydrogen-bond donors (Lipinski definition) is 1. The van der Waals surface area contributed by atoms with Gasteiger partial charge in [-0.15, -0.1) is 0 Å². The summed E-state index contributed by atoms with van der Waals surface area (Å²) in [6, 6.07) is 15.3. The fraction of sp³-hybridized carbons (Fsp3) is 0.333. The van der Waals surface area contributed by atoms with E-state index in [1.807, 2.05) is 0 Å². The second-order valence-electron chi connectivity index (χ2n) is 6.19. The Morgan fingerprint density at radius 1 is 0.850 bits per heavy atom. The van der Waals surface area contributed by atoms with Crippen molar-refractivity contribution in [1.82, 2.24) is 0 Å². The summed E-state index contributed by atoms with van der Waals surface area (Å²) in [5, 5.41) is 9.71. The van der Waals surface area contributed by atoms with Gasteiger partial charge in [-0.1, -0.05) is 61.7 Å². The van der Waals surface area contributed by atoms with Gasteiger partial charge in [-0.3, -0.25) is 0 Å². The third-order valence-corrected chi connectivity index (χ3v) is 5.26. The summed E-state index contributed by atoms with van der Waals surface area (Å²) in [5.41, 5.74) is 6.93. The Hall–Kier alpha value is -1.54. The highest BCUT2D eigenvalue weighted by atomic mass is 16.2. The van der Waals surface area contributed by atoms with Gasteiger partial charge in [-0.25, -0.2) is 0 Å². The van der Waals surface area contributed by atoms with Gasteiger partial charge in [0.1, 0.15) is 0 Å². The third-order valence-electron chi connectivity index (χ3n) is 5.26. The molecule has 2 aromatic carbocycles. The third kappa shape index (κ3) is 1.49. The monoisotopic (exact) mass is 262 g/mol. The number of fused-ring (bicyclic) bond motifs is 5. The second-order valence-corrected chi connectivity index (χ2v) is 6.19. The topological polar surface area (TPSA) is 20.2 Å². The Kier molecular flexibility index (Phi) is 2.75. The van der Waals surface area contributed by atoms with Crippen molar-refractivity contribution in [3.63, 3.8) is 0 Å². The Balaban J connectivity index is 2.04. The van der Waals surface area contributed by atoms with E-state index in [9.17, 15) is 5.02 Å². The quantitative estimate of drug-likeness (QED) is 0.783. The van der Waals surface area contributed by atoms with Gasteiger partial charge in [0.25, 0.3) is 0 Å². The molecule has 1 fully saturated rings. The van der Waals surface area contributed by atoms with Crippen LogP contribution < -0.4 is 5.46 Å². The zero-order chi connectivity index (χ0) is 13.6. The molecule has 1 saturated carbocycles. The Morgan fingerprint density at radius 2 is 1.60 bits per heavy atom. The minimum absolute atomic E-state index is 0.133. The van der Waals surface area contributed by atoms with Crippen molar-refractivity contribution in [3.8, 4) is 11.1 Å². The van der Waals surface area contributed by atoms with Crippen LogP contribution in [0.3, 0.4) is 0 Å². The largest absolute Gasteiger partial charge is 0.449 e. The molecule has 0 radical (unpaired) electrons. The van der Waals surface area contributed by atoms with Crippen LogP contribution in [0, 0.1) is 0 Å². The van der Waals surface area contributed by atoms with E-state index in [1.165, 1.54) is 54.4 Å². The maximum atomic E-state index is 9.71. The molecule has 100 valence electrons. The van der Waals surface area contributed by atoms with Crippen LogP contribution in [-0.4, -0.2) is 12.5 Å². The van der Waals surface area contributed by atoms with Crippen molar-refractivity contribution in [2.75, 3.05) is 0 Å². The van der Waals surface area contributed by atoms with Crippen LogP contribution in [0.2, 0.25) is 0 Å². The molecule has 0 unspecified atom stereocenters. The van der Waals surface area contributed by atoms with Crippen LogP contribution in [0.1, 0.15) is 43.2 Å². The van der Waals surface area contributed by atoms with E-state index < -0.39 is 0 Å². The fourth-order valence-corrected chi connectivity index (χ4v) is 4.41. The van der Waals surface area contributed by atoms with Gasteiger partial charge in [-0.05, 0) is 40.6 Å². The van der Waals surface area contributed by atoms with Crippen LogP contribution in [-0.2, 0) is 5.41 Å². The lowest BCUT2D eigenvalue weighted by Crippen LogP contribution is -2.28. The molecule has 0 aliphatic heterocycles. The minimum Gasteiger partial charge on any atom is -0.449 e. The average Bonchev–Trinajstić information content (AvgIpc) is 2.80. The highest BCUT2D eigenvalue weighted by molar-refractivity contribution is 6.48. The Labute approximate surface area is 120 Å². The second kappa shape index (κ2) is 4.49. The first kappa shape index (κ1) is 12.2. The van der Waals surface area contributed by atoms with Crippen molar-refractivity contribution in [1.29, 1.82) is 0 Å². The van der Waals surface area contributed by atoms with Gasteiger partial charge >= 0.3 is 7.48 Å². The van der Waals surface area contributed by atoms with E-state index in [1.54, 1.807) is 0 Å². The molecule has 0 aromatic heterocycles. The van der Waals surface area contributed by atoms with Crippen molar-refractivity contribution in [2.45, 2.75) is 37.5 Å². The van der Waals surface area contributed by atoms with Crippen molar-refractivity contribution < 1.29 is 5.02 Å². The molecule has 1 nitrogen and oxygen atoms in total. The molecule has 1 spiro atoms. The van der Waals surface area contributed by atoms with Crippen molar-refractivity contribution in [2.24, 2.45) is 0 Å². The van der Waals surface area contributed by atoms with Crippen molar-refractivity contribution >= 4 is 12.9 Å². The van der Waals surface area contributed by atoms with Crippen LogP contribution in [0.15, 0.2) is 42.5 Å². The van der Waals surface area contributed by atoms with Gasteiger partial charge in [0, 0.05) is 5.41 Å². The summed E-state index contributed by atoms with van der Waals surface area (Å²) < 4.78 is 0. The van der Waals surface area contributed by atoms with Crippen LogP contribution in [0.5, 0.6) is 0 Å². The van der Waals surface area contributed by atoms with Crippen LogP contribution >= 0.6 is 0 Å². The lowest BCUT2D eigenvalue weighted by molar-refractivity contribution is 0.353. The Bertz CT molecular complexity index is 656. The average molecular weight is 262 g/mol. The van der Waals surface area contributed by atoms with Gasteiger partial charge in [0.2, 0.25) is 0 Å². The molecule has 2 aromatic rings. The van der Waals surface area contributed by atoms with E-state index in [-0.39, 0.29) is 12.9 Å². The summed E-state index contributed by atoms with van der Waals surface area (Å²) in [6.07, 6.45) is 6.50. The summed E-state index contributed by atoms with van der Waals surface area (Å²) >= 11 is 0. The molecule has 4 rings (SSSR count). The standard InChI is InChI=1S/C18H19BO/c20-19-16-10-6-9-15-17(16)13-7-2-3-8-14(13)18(15)11-4-1-5-12-18/h2-3,6-10,19-20H,1,4-5,11-12H2. The normalized spacial score (nSPS) is 18.6.